The highest BCUT2D eigenvalue weighted by Crippen LogP contribution is 2.44. The summed E-state index contributed by atoms with van der Waals surface area (Å²) in [6.45, 7) is 1.49. The highest BCUT2D eigenvalue weighted by molar-refractivity contribution is 5.76. The minimum absolute atomic E-state index is 0.193. The Kier molecular flexibility index (Phi) is 3.97. The average Bonchev–Trinajstić information content (AvgIpc) is 3.17. The fraction of sp³-hybridized carbons (Fsp3) is 0.571. The quantitative estimate of drug-likeness (QED) is 0.822. The zero-order valence-corrected chi connectivity index (χ0v) is 10.9. The van der Waals surface area contributed by atoms with Gasteiger partial charge in [0, 0.05) is 37.8 Å². The number of carbonyl (C=O) groups excluding carboxylic acids is 1. The van der Waals surface area contributed by atoms with E-state index >= 15 is 0 Å². The van der Waals surface area contributed by atoms with E-state index in [1.807, 2.05) is 30.3 Å². The number of hydrogen-bond donors (Lipinski definition) is 1. The molecule has 1 saturated carbocycles. The Bertz CT molecular complexity index is 401. The molecule has 1 aliphatic carbocycles. The molecule has 0 aromatic carbocycles. The predicted octanol–water partition coefficient (Wildman–Crippen LogP) is 1.21. The minimum atomic E-state index is 0.193. The molecule has 0 spiro atoms. The Morgan fingerprint density at radius 2 is 2.33 bits per heavy atom. The third kappa shape index (κ3) is 3.29. The van der Waals surface area contributed by atoms with Crippen molar-refractivity contribution in [2.24, 2.45) is 11.1 Å². The van der Waals surface area contributed by atoms with Crippen LogP contribution in [0.3, 0.4) is 0 Å². The van der Waals surface area contributed by atoms with E-state index in [1.165, 1.54) is 0 Å². The normalized spacial score (nSPS) is 16.3. The van der Waals surface area contributed by atoms with Crippen molar-refractivity contribution < 1.29 is 4.79 Å². The van der Waals surface area contributed by atoms with Gasteiger partial charge in [-0.05, 0) is 37.4 Å². The molecule has 1 aromatic rings. The van der Waals surface area contributed by atoms with Gasteiger partial charge in [-0.15, -0.1) is 0 Å². The van der Waals surface area contributed by atoms with Gasteiger partial charge in [-0.25, -0.2) is 0 Å². The molecule has 1 heterocycles. The first-order valence-electron chi connectivity index (χ1n) is 6.48. The van der Waals surface area contributed by atoms with E-state index in [2.05, 4.69) is 4.98 Å². The Balaban J connectivity index is 1.77. The van der Waals surface area contributed by atoms with E-state index in [-0.39, 0.29) is 11.3 Å². The molecule has 2 N–H and O–H groups in total. The molecule has 4 heteroatoms. The van der Waals surface area contributed by atoms with E-state index < -0.39 is 0 Å². The molecule has 18 heavy (non-hydrogen) atoms. The van der Waals surface area contributed by atoms with E-state index in [4.69, 9.17) is 5.73 Å². The first kappa shape index (κ1) is 13.0. The molecular formula is C14H21N3O. The third-order valence-electron chi connectivity index (χ3n) is 3.74. The van der Waals surface area contributed by atoms with Crippen molar-refractivity contribution in [3.8, 4) is 0 Å². The molecule has 0 bridgehead atoms. The Morgan fingerprint density at radius 1 is 1.56 bits per heavy atom. The third-order valence-corrected chi connectivity index (χ3v) is 3.74. The van der Waals surface area contributed by atoms with Crippen molar-refractivity contribution in [3.63, 3.8) is 0 Å². The van der Waals surface area contributed by atoms with Crippen LogP contribution in [0.25, 0.3) is 0 Å². The lowest BCUT2D eigenvalue weighted by molar-refractivity contribution is -0.130. The number of rotatable bonds is 6. The number of nitrogens with zero attached hydrogens (tertiary/aromatic N) is 2. The summed E-state index contributed by atoms with van der Waals surface area (Å²) in [5.41, 5.74) is 7.07. The SMILES string of the molecule is CN(CC1(CN)CC1)C(=O)CCc1cccnc1. The van der Waals surface area contributed by atoms with Crippen LogP contribution in [-0.4, -0.2) is 35.9 Å². The van der Waals surface area contributed by atoms with E-state index in [9.17, 15) is 4.79 Å². The molecule has 1 amide bonds. The van der Waals surface area contributed by atoms with Crippen molar-refractivity contribution in [2.75, 3.05) is 20.1 Å². The zero-order chi connectivity index (χ0) is 13.0. The van der Waals surface area contributed by atoms with Gasteiger partial charge in [0.15, 0.2) is 0 Å². The Labute approximate surface area is 108 Å². The van der Waals surface area contributed by atoms with Crippen LogP contribution < -0.4 is 5.73 Å². The molecule has 1 fully saturated rings. The molecule has 0 aliphatic heterocycles. The maximum Gasteiger partial charge on any atom is 0.222 e. The van der Waals surface area contributed by atoms with E-state index in [0.29, 0.717) is 13.0 Å². The molecule has 1 aromatic heterocycles. The second kappa shape index (κ2) is 5.48. The van der Waals surface area contributed by atoms with Crippen LogP contribution in [-0.2, 0) is 11.2 Å². The van der Waals surface area contributed by atoms with Crippen LogP contribution in [0.4, 0.5) is 0 Å². The van der Waals surface area contributed by atoms with Crippen LogP contribution in [0.5, 0.6) is 0 Å². The van der Waals surface area contributed by atoms with Gasteiger partial charge >= 0.3 is 0 Å². The lowest BCUT2D eigenvalue weighted by Crippen LogP contribution is -2.35. The van der Waals surface area contributed by atoms with Crippen LogP contribution in [0.15, 0.2) is 24.5 Å². The van der Waals surface area contributed by atoms with Gasteiger partial charge in [0.2, 0.25) is 5.91 Å². The Morgan fingerprint density at radius 3 is 2.89 bits per heavy atom. The molecule has 4 nitrogen and oxygen atoms in total. The summed E-state index contributed by atoms with van der Waals surface area (Å²) in [6.07, 6.45) is 7.17. The van der Waals surface area contributed by atoms with Crippen LogP contribution in [0.2, 0.25) is 0 Å². The summed E-state index contributed by atoms with van der Waals surface area (Å²) in [5.74, 6) is 0.193. The number of amides is 1. The van der Waals surface area contributed by atoms with Gasteiger partial charge in [0.1, 0.15) is 0 Å². The van der Waals surface area contributed by atoms with Gasteiger partial charge < -0.3 is 10.6 Å². The average molecular weight is 247 g/mol. The van der Waals surface area contributed by atoms with Crippen molar-refractivity contribution in [1.82, 2.24) is 9.88 Å². The highest BCUT2D eigenvalue weighted by Gasteiger charge is 2.42. The fourth-order valence-corrected chi connectivity index (χ4v) is 2.18. The van der Waals surface area contributed by atoms with Crippen molar-refractivity contribution >= 4 is 5.91 Å². The highest BCUT2D eigenvalue weighted by atomic mass is 16.2. The summed E-state index contributed by atoms with van der Waals surface area (Å²) in [6, 6.07) is 3.90. The number of hydrogen-bond acceptors (Lipinski definition) is 3. The van der Waals surface area contributed by atoms with Crippen LogP contribution >= 0.6 is 0 Å². The van der Waals surface area contributed by atoms with Gasteiger partial charge in [0.25, 0.3) is 0 Å². The maximum atomic E-state index is 12.0. The summed E-state index contributed by atoms with van der Waals surface area (Å²) in [7, 11) is 1.88. The largest absolute Gasteiger partial charge is 0.345 e. The molecule has 98 valence electrons. The molecule has 0 atom stereocenters. The number of aryl methyl sites for hydroxylation is 1. The number of carbonyl (C=O) groups is 1. The molecule has 2 rings (SSSR count). The molecule has 0 unspecified atom stereocenters. The fourth-order valence-electron chi connectivity index (χ4n) is 2.18. The first-order valence-corrected chi connectivity index (χ1v) is 6.48. The van der Waals surface area contributed by atoms with E-state index in [0.717, 1.165) is 31.4 Å². The first-order chi connectivity index (χ1) is 8.65. The van der Waals surface area contributed by atoms with Gasteiger partial charge in [-0.3, -0.25) is 9.78 Å². The topological polar surface area (TPSA) is 59.2 Å². The van der Waals surface area contributed by atoms with Crippen molar-refractivity contribution in [3.05, 3.63) is 30.1 Å². The molecule has 1 aliphatic rings. The van der Waals surface area contributed by atoms with Crippen molar-refractivity contribution in [2.45, 2.75) is 25.7 Å². The predicted molar refractivity (Wildman–Crippen MR) is 70.9 cm³/mol. The lowest BCUT2D eigenvalue weighted by atomic mass is 10.1. The summed E-state index contributed by atoms with van der Waals surface area (Å²) < 4.78 is 0. The standard InChI is InChI=1S/C14H21N3O/c1-17(11-14(10-15)6-7-14)13(18)5-4-12-3-2-8-16-9-12/h2-3,8-9H,4-7,10-11,15H2,1H3. The molecular weight excluding hydrogens is 226 g/mol. The monoisotopic (exact) mass is 247 g/mol. The Hall–Kier alpha value is -1.42. The summed E-state index contributed by atoms with van der Waals surface area (Å²) in [5, 5.41) is 0. The van der Waals surface area contributed by atoms with Crippen LogP contribution in [0, 0.1) is 5.41 Å². The second-order valence-corrected chi connectivity index (χ2v) is 5.32. The molecule has 0 radical (unpaired) electrons. The molecule has 0 saturated heterocycles. The maximum absolute atomic E-state index is 12.0. The zero-order valence-electron chi connectivity index (χ0n) is 10.9. The second-order valence-electron chi connectivity index (χ2n) is 5.32. The minimum Gasteiger partial charge on any atom is -0.345 e. The van der Waals surface area contributed by atoms with Gasteiger partial charge in [-0.1, -0.05) is 6.07 Å². The van der Waals surface area contributed by atoms with E-state index in [1.54, 1.807) is 6.20 Å². The lowest BCUT2D eigenvalue weighted by Gasteiger charge is -2.22. The number of aromatic nitrogens is 1. The van der Waals surface area contributed by atoms with Gasteiger partial charge in [-0.2, -0.15) is 0 Å². The smallest absolute Gasteiger partial charge is 0.222 e. The van der Waals surface area contributed by atoms with Gasteiger partial charge in [0.05, 0.1) is 0 Å². The summed E-state index contributed by atoms with van der Waals surface area (Å²) in [4.78, 5) is 17.9. The number of nitrogens with two attached hydrogens (primary N) is 1. The summed E-state index contributed by atoms with van der Waals surface area (Å²) >= 11 is 0. The van der Waals surface area contributed by atoms with Crippen molar-refractivity contribution in [1.29, 1.82) is 0 Å². The number of pyridine rings is 1. The van der Waals surface area contributed by atoms with Crippen LogP contribution in [0.1, 0.15) is 24.8 Å².